The molecule has 1 atom stereocenters. The van der Waals surface area contributed by atoms with Crippen LogP contribution in [0.3, 0.4) is 0 Å². The van der Waals surface area contributed by atoms with E-state index in [1.165, 1.54) is 11.1 Å². The highest BCUT2D eigenvalue weighted by atomic mass is 79.9. The summed E-state index contributed by atoms with van der Waals surface area (Å²) in [6.45, 7) is 6.67. The van der Waals surface area contributed by atoms with Gasteiger partial charge in [-0.05, 0) is 29.5 Å². The second-order valence-corrected chi connectivity index (χ2v) is 5.39. The Hall–Kier alpha value is -0.340. The largest absolute Gasteiger partial charge is 0.396 e. The van der Waals surface area contributed by atoms with E-state index in [0.717, 1.165) is 10.9 Å². The van der Waals surface area contributed by atoms with Crippen molar-refractivity contribution < 1.29 is 5.11 Å². The number of hydrogen-bond acceptors (Lipinski definition) is 1. The molecule has 1 N–H and O–H groups in total. The van der Waals surface area contributed by atoms with E-state index in [2.05, 4.69) is 48.0 Å². The Morgan fingerprint density at radius 3 is 2.40 bits per heavy atom. The summed E-state index contributed by atoms with van der Waals surface area (Å²) in [5.74, 6) is 0.886. The van der Waals surface area contributed by atoms with Gasteiger partial charge in [0.2, 0.25) is 0 Å². The molecule has 1 unspecified atom stereocenters. The van der Waals surface area contributed by atoms with E-state index in [1.807, 2.05) is 6.92 Å². The fraction of sp³-hybridized carbons (Fsp3) is 0.538. The minimum absolute atomic E-state index is 0.204. The molecule has 1 aromatic carbocycles. The van der Waals surface area contributed by atoms with Crippen molar-refractivity contribution in [3.05, 3.63) is 33.8 Å². The molecule has 0 fully saturated rings. The smallest absolute Gasteiger partial charge is 0.0497 e. The highest BCUT2D eigenvalue weighted by Gasteiger charge is 2.08. The van der Waals surface area contributed by atoms with Crippen molar-refractivity contribution in [2.24, 2.45) is 5.92 Å². The van der Waals surface area contributed by atoms with E-state index >= 15 is 0 Å². The van der Waals surface area contributed by atoms with Crippen LogP contribution in [0.5, 0.6) is 0 Å². The van der Waals surface area contributed by atoms with Gasteiger partial charge in [-0.25, -0.2) is 0 Å². The molecule has 0 saturated carbocycles. The van der Waals surface area contributed by atoms with Gasteiger partial charge in [0.25, 0.3) is 0 Å². The monoisotopic (exact) mass is 270 g/mol. The summed E-state index contributed by atoms with van der Waals surface area (Å²) in [6.07, 6.45) is 1.09. The third-order valence-electron chi connectivity index (χ3n) is 2.55. The molecule has 84 valence electrons. The van der Waals surface area contributed by atoms with Gasteiger partial charge < -0.3 is 5.11 Å². The van der Waals surface area contributed by atoms with Crippen LogP contribution in [0.2, 0.25) is 0 Å². The highest BCUT2D eigenvalue weighted by Crippen LogP contribution is 2.25. The average molecular weight is 271 g/mol. The molecule has 15 heavy (non-hydrogen) atoms. The second-order valence-electron chi connectivity index (χ2n) is 4.53. The van der Waals surface area contributed by atoms with Crippen LogP contribution in [0.4, 0.5) is 0 Å². The molecule has 0 aliphatic rings. The molecule has 0 aromatic heterocycles. The molecule has 0 heterocycles. The van der Waals surface area contributed by atoms with E-state index in [-0.39, 0.29) is 12.5 Å². The third kappa shape index (κ3) is 3.62. The zero-order valence-electron chi connectivity index (χ0n) is 9.63. The summed E-state index contributed by atoms with van der Waals surface area (Å²) < 4.78 is 1.16. The Balaban J connectivity index is 2.88. The standard InChI is InChI=1S/C13H19BrO/c1-9(2)6-12-5-4-11(7-13(12)14)10(3)8-15/h4-5,7,9-10,15H,6,8H2,1-3H3. The minimum atomic E-state index is 0.204. The summed E-state index contributed by atoms with van der Waals surface area (Å²) >= 11 is 3.59. The van der Waals surface area contributed by atoms with Crippen LogP contribution < -0.4 is 0 Å². The first-order valence-electron chi connectivity index (χ1n) is 5.43. The third-order valence-corrected chi connectivity index (χ3v) is 3.29. The Bertz CT molecular complexity index is 320. The van der Waals surface area contributed by atoms with Crippen molar-refractivity contribution in [2.45, 2.75) is 33.1 Å². The summed E-state index contributed by atoms with van der Waals surface area (Å²) in [5.41, 5.74) is 2.54. The van der Waals surface area contributed by atoms with Gasteiger partial charge in [0, 0.05) is 17.0 Å². The SMILES string of the molecule is CC(C)Cc1ccc(C(C)CO)cc1Br. The zero-order chi connectivity index (χ0) is 11.4. The lowest BCUT2D eigenvalue weighted by Crippen LogP contribution is -2.01. The van der Waals surface area contributed by atoms with Gasteiger partial charge in [-0.3, -0.25) is 0 Å². The maximum absolute atomic E-state index is 9.08. The normalized spacial score (nSPS) is 13.2. The lowest BCUT2D eigenvalue weighted by molar-refractivity contribution is 0.273. The van der Waals surface area contributed by atoms with Crippen LogP contribution in [-0.2, 0) is 6.42 Å². The molecule has 0 aliphatic heterocycles. The van der Waals surface area contributed by atoms with Gasteiger partial charge in [0.15, 0.2) is 0 Å². The molecule has 1 aromatic rings. The topological polar surface area (TPSA) is 20.2 Å². The Kier molecular flexibility index (Phi) is 4.81. The fourth-order valence-electron chi connectivity index (χ4n) is 1.58. The Morgan fingerprint density at radius 2 is 1.93 bits per heavy atom. The van der Waals surface area contributed by atoms with Crippen molar-refractivity contribution in [3.63, 3.8) is 0 Å². The molecule has 0 amide bonds. The minimum Gasteiger partial charge on any atom is -0.396 e. The average Bonchev–Trinajstić information content (AvgIpc) is 2.19. The molecule has 0 radical (unpaired) electrons. The number of rotatable bonds is 4. The zero-order valence-corrected chi connectivity index (χ0v) is 11.2. The Labute approximate surface area is 101 Å². The molecule has 0 aliphatic carbocycles. The van der Waals surface area contributed by atoms with Crippen LogP contribution in [0, 0.1) is 5.92 Å². The van der Waals surface area contributed by atoms with Crippen LogP contribution in [-0.4, -0.2) is 11.7 Å². The van der Waals surface area contributed by atoms with Gasteiger partial charge in [-0.2, -0.15) is 0 Å². The maximum atomic E-state index is 9.08. The first kappa shape index (κ1) is 12.7. The summed E-state index contributed by atoms with van der Waals surface area (Å²) in [4.78, 5) is 0. The van der Waals surface area contributed by atoms with Crippen LogP contribution in [0.15, 0.2) is 22.7 Å². The molecule has 0 saturated heterocycles. The predicted octanol–water partition coefficient (Wildman–Crippen LogP) is 3.74. The number of aliphatic hydroxyl groups excluding tert-OH is 1. The summed E-state index contributed by atoms with van der Waals surface area (Å²) in [7, 11) is 0. The maximum Gasteiger partial charge on any atom is 0.0497 e. The molecule has 1 nitrogen and oxygen atoms in total. The molecular formula is C13H19BrO. The molecule has 0 spiro atoms. The van der Waals surface area contributed by atoms with Crippen molar-refractivity contribution >= 4 is 15.9 Å². The van der Waals surface area contributed by atoms with E-state index < -0.39 is 0 Å². The van der Waals surface area contributed by atoms with Crippen LogP contribution >= 0.6 is 15.9 Å². The lowest BCUT2D eigenvalue weighted by atomic mass is 9.97. The first-order valence-corrected chi connectivity index (χ1v) is 6.23. The van der Waals surface area contributed by atoms with Crippen molar-refractivity contribution in [1.82, 2.24) is 0 Å². The number of benzene rings is 1. The quantitative estimate of drug-likeness (QED) is 0.884. The predicted molar refractivity (Wildman–Crippen MR) is 68.2 cm³/mol. The van der Waals surface area contributed by atoms with Crippen LogP contribution in [0.1, 0.15) is 37.8 Å². The van der Waals surface area contributed by atoms with E-state index in [0.29, 0.717) is 5.92 Å². The first-order chi connectivity index (χ1) is 7.04. The number of hydrogen-bond donors (Lipinski definition) is 1. The molecule has 0 bridgehead atoms. The summed E-state index contributed by atoms with van der Waals surface area (Å²) in [6, 6.07) is 6.40. The lowest BCUT2D eigenvalue weighted by Gasteiger charge is -2.12. The van der Waals surface area contributed by atoms with Gasteiger partial charge in [-0.1, -0.05) is 48.8 Å². The molecule has 2 heteroatoms. The fourth-order valence-corrected chi connectivity index (χ4v) is 2.14. The molecule has 1 rings (SSSR count). The highest BCUT2D eigenvalue weighted by molar-refractivity contribution is 9.10. The Morgan fingerprint density at radius 1 is 1.27 bits per heavy atom. The van der Waals surface area contributed by atoms with E-state index in [1.54, 1.807) is 0 Å². The number of aliphatic hydroxyl groups is 1. The van der Waals surface area contributed by atoms with Gasteiger partial charge in [0.1, 0.15) is 0 Å². The van der Waals surface area contributed by atoms with E-state index in [4.69, 9.17) is 5.11 Å². The molecular weight excluding hydrogens is 252 g/mol. The van der Waals surface area contributed by atoms with E-state index in [9.17, 15) is 0 Å². The van der Waals surface area contributed by atoms with Gasteiger partial charge >= 0.3 is 0 Å². The van der Waals surface area contributed by atoms with Crippen molar-refractivity contribution in [2.75, 3.05) is 6.61 Å². The van der Waals surface area contributed by atoms with Crippen molar-refractivity contribution in [3.8, 4) is 0 Å². The number of halogens is 1. The van der Waals surface area contributed by atoms with Gasteiger partial charge in [0.05, 0.1) is 0 Å². The van der Waals surface area contributed by atoms with Crippen molar-refractivity contribution in [1.29, 1.82) is 0 Å². The second kappa shape index (κ2) is 5.66. The van der Waals surface area contributed by atoms with Crippen LogP contribution in [0.25, 0.3) is 0 Å². The van der Waals surface area contributed by atoms with Gasteiger partial charge in [-0.15, -0.1) is 0 Å². The summed E-state index contributed by atoms with van der Waals surface area (Å²) in [5, 5.41) is 9.08.